The summed E-state index contributed by atoms with van der Waals surface area (Å²) in [6, 6.07) is 0. The second kappa shape index (κ2) is 23.1. The van der Waals surface area contributed by atoms with E-state index in [2.05, 4.69) is 0 Å². The number of carbonyl (C=O) groups is 4. The Hall–Kier alpha value is -0.903. The smallest absolute Gasteiger partial charge is 0.907 e. The fourth-order valence-electron chi connectivity index (χ4n) is 0.494. The van der Waals surface area contributed by atoms with Crippen LogP contribution in [0.5, 0.6) is 0 Å². The largest absolute Gasteiger partial charge is 1.00 e. The van der Waals surface area contributed by atoms with Gasteiger partial charge >= 0.3 is 80.5 Å². The Bertz CT molecular complexity index is 434. The van der Waals surface area contributed by atoms with E-state index in [4.69, 9.17) is 35.5 Å². The molecule has 0 spiro atoms. The maximum Gasteiger partial charge on any atom is 1.00 e. The first-order chi connectivity index (χ1) is 9.81. The first-order valence-corrected chi connectivity index (χ1v) is 5.07. The monoisotopic (exact) mass is 340 g/mol. The van der Waals surface area contributed by atoms with Crippen molar-refractivity contribution in [3.8, 4) is 0 Å². The Kier molecular flexibility index (Phi) is 36.3. The number of rotatable bonds is 4. The van der Waals surface area contributed by atoms with Crippen LogP contribution >= 0.6 is 0 Å². The molecule has 0 saturated heterocycles. The van der Waals surface area contributed by atoms with Crippen molar-refractivity contribution in [1.82, 2.24) is 0 Å². The minimum absolute atomic E-state index is 0. The van der Waals surface area contributed by atoms with E-state index in [0.29, 0.717) is 12.2 Å². The molecule has 0 aliphatic heterocycles. The molecule has 0 saturated carbocycles. The van der Waals surface area contributed by atoms with Crippen LogP contribution in [0.25, 0.3) is 0 Å². The van der Waals surface area contributed by atoms with E-state index < -0.39 is 31.2 Å². The number of aliphatic carboxylic acids is 4. The summed E-state index contributed by atoms with van der Waals surface area (Å²) >= 11 is 0. The van der Waals surface area contributed by atoms with Crippen LogP contribution in [-0.4, -0.2) is 51.6 Å². The van der Waals surface area contributed by atoms with Crippen molar-refractivity contribution in [2.75, 3.05) is 0 Å². The van der Waals surface area contributed by atoms with Gasteiger partial charge in [0.2, 0.25) is 0 Å². The fourth-order valence-corrected chi connectivity index (χ4v) is 0.494. The van der Waals surface area contributed by atoms with Gasteiger partial charge in [0.25, 0.3) is 0 Å². The molecule has 0 aliphatic carbocycles. The summed E-state index contributed by atoms with van der Waals surface area (Å²) in [6.07, 6.45) is 1.28. The van der Waals surface area contributed by atoms with Crippen molar-refractivity contribution >= 4 is 31.2 Å². The second-order valence-electron chi connectivity index (χ2n) is 3.23. The standard InChI is InChI=1S/2C5H6O4.BO3.3Li/c2*1-3(5(8)9)2-4(6)7;2-1(3)4;;;/h2*2H,1H3,(H,6,7)(H,8,9);;;;/q;;-3;3*+1/b2*3-2-;;;;. The van der Waals surface area contributed by atoms with Gasteiger partial charge in [-0.25, -0.2) is 19.2 Å². The van der Waals surface area contributed by atoms with E-state index in [0.717, 1.165) is 0 Å². The van der Waals surface area contributed by atoms with Crippen molar-refractivity contribution in [2.24, 2.45) is 0 Å². The maximum absolute atomic E-state index is 9.90. The van der Waals surface area contributed by atoms with Crippen molar-refractivity contribution < 1.29 is 111 Å². The summed E-state index contributed by atoms with van der Waals surface area (Å²) in [5.74, 6) is -4.90. The van der Waals surface area contributed by atoms with Gasteiger partial charge in [-0.05, 0) is 13.8 Å². The van der Waals surface area contributed by atoms with E-state index in [1.54, 1.807) is 0 Å². The van der Waals surface area contributed by atoms with Gasteiger partial charge in [-0.1, -0.05) is 0 Å². The molecule has 0 aromatic heterocycles. The maximum atomic E-state index is 9.90. The van der Waals surface area contributed by atoms with Crippen molar-refractivity contribution in [2.45, 2.75) is 13.8 Å². The molecule has 4 N–H and O–H groups in total. The number of hydrogen-bond acceptors (Lipinski definition) is 7. The predicted molar refractivity (Wildman–Crippen MR) is 63.8 cm³/mol. The van der Waals surface area contributed by atoms with E-state index in [1.165, 1.54) is 13.8 Å². The Labute approximate surface area is 179 Å². The van der Waals surface area contributed by atoms with Gasteiger partial charge < -0.3 is 35.5 Å². The zero-order valence-corrected chi connectivity index (χ0v) is 14.4. The third-order valence-electron chi connectivity index (χ3n) is 1.35. The molecule has 25 heavy (non-hydrogen) atoms. The Morgan fingerprint density at radius 2 is 0.840 bits per heavy atom. The zero-order valence-electron chi connectivity index (χ0n) is 14.4. The van der Waals surface area contributed by atoms with Crippen molar-refractivity contribution in [1.29, 1.82) is 0 Å². The SMILES string of the molecule is C/C(=C/C(=O)O)C(=O)O.C/C(=C/C(=O)O)C(=O)O.[Li+].[Li+].[Li+].[O-]B([O-])[O-]. The molecule has 11 nitrogen and oxygen atoms in total. The van der Waals surface area contributed by atoms with Crippen LogP contribution in [-0.2, 0) is 19.2 Å². The molecule has 0 rings (SSSR count). The van der Waals surface area contributed by atoms with Gasteiger partial charge in [0.1, 0.15) is 0 Å². The second-order valence-corrected chi connectivity index (χ2v) is 3.23. The van der Waals surface area contributed by atoms with Crippen LogP contribution in [0.15, 0.2) is 23.3 Å². The molecule has 15 heteroatoms. The first-order valence-electron chi connectivity index (χ1n) is 5.07. The van der Waals surface area contributed by atoms with Crippen LogP contribution in [0, 0.1) is 0 Å². The molecule has 0 aliphatic rings. The topological polar surface area (TPSA) is 218 Å². The predicted octanol–water partition coefficient (Wildman–Crippen LogP) is -12.7. The molecule has 0 aromatic rings. The van der Waals surface area contributed by atoms with E-state index >= 15 is 0 Å². The Morgan fingerprint density at radius 1 is 0.680 bits per heavy atom. The van der Waals surface area contributed by atoms with Crippen LogP contribution in [0.4, 0.5) is 0 Å². The van der Waals surface area contributed by atoms with Gasteiger partial charge in [0.15, 0.2) is 0 Å². The third-order valence-corrected chi connectivity index (χ3v) is 1.35. The fraction of sp³-hybridized carbons (Fsp3) is 0.200. The normalized spacial score (nSPS) is 9.00. The molecule has 0 aromatic carbocycles. The van der Waals surface area contributed by atoms with Crippen molar-refractivity contribution in [3.05, 3.63) is 23.3 Å². The van der Waals surface area contributed by atoms with Gasteiger partial charge in [0, 0.05) is 23.3 Å². The summed E-state index contributed by atoms with van der Waals surface area (Å²) < 4.78 is 0. The van der Waals surface area contributed by atoms with Crippen LogP contribution in [0.1, 0.15) is 13.8 Å². The van der Waals surface area contributed by atoms with Crippen LogP contribution in [0.2, 0.25) is 0 Å². The van der Waals surface area contributed by atoms with Crippen LogP contribution < -0.4 is 71.7 Å². The summed E-state index contributed by atoms with van der Waals surface area (Å²) in [4.78, 5) is 39.4. The quantitative estimate of drug-likeness (QED) is 0.278. The summed E-state index contributed by atoms with van der Waals surface area (Å²) in [7, 11) is -2.92. The summed E-state index contributed by atoms with van der Waals surface area (Å²) in [5, 5.41) is 57.4. The van der Waals surface area contributed by atoms with E-state index in [9.17, 15) is 19.2 Å². The van der Waals surface area contributed by atoms with Gasteiger partial charge in [-0.15, -0.1) is 0 Å². The number of carboxylic acids is 4. The van der Waals surface area contributed by atoms with E-state index in [1.807, 2.05) is 0 Å². The van der Waals surface area contributed by atoms with Gasteiger partial charge in [-0.3, -0.25) is 7.32 Å². The molecule has 0 radical (unpaired) electrons. The number of hydrogen-bond donors (Lipinski definition) is 4. The summed E-state index contributed by atoms with van der Waals surface area (Å²) in [6.45, 7) is 2.44. The molecule has 124 valence electrons. The average Bonchev–Trinajstić information content (AvgIpc) is 2.26. The Balaban J connectivity index is -0.0000000543. The molecule has 0 unspecified atom stereocenters. The molecule has 0 fully saturated rings. The molecule has 0 amide bonds. The number of carboxylic acid groups (broad SMARTS) is 4. The molecule has 0 atom stereocenters. The third kappa shape index (κ3) is 45.1. The van der Waals surface area contributed by atoms with Crippen molar-refractivity contribution in [3.63, 3.8) is 0 Å². The molecule has 0 heterocycles. The minimum Gasteiger partial charge on any atom is -0.907 e. The van der Waals surface area contributed by atoms with Gasteiger partial charge in [0.05, 0.1) is 0 Å². The van der Waals surface area contributed by atoms with Gasteiger partial charge in [-0.2, -0.15) is 0 Å². The van der Waals surface area contributed by atoms with E-state index in [-0.39, 0.29) is 67.7 Å². The zero-order chi connectivity index (χ0) is 18.5. The molecular formula is C10H12BLi3O11. The molecular weight excluding hydrogens is 328 g/mol. The van der Waals surface area contributed by atoms with Crippen LogP contribution in [0.3, 0.4) is 0 Å². The molecule has 0 bridgehead atoms. The Morgan fingerprint density at radius 3 is 0.880 bits per heavy atom. The summed E-state index contributed by atoms with van der Waals surface area (Å²) in [5.41, 5.74) is -0.356. The first kappa shape index (κ1) is 39.3. The minimum atomic E-state index is -2.92. The average molecular weight is 340 g/mol.